The second-order valence-electron chi connectivity index (χ2n) is 5.78. The fraction of sp³-hybridized carbons (Fsp3) is 0.222. The van der Waals surface area contributed by atoms with Crippen LogP contribution in [-0.4, -0.2) is 20.6 Å². The van der Waals surface area contributed by atoms with Crippen molar-refractivity contribution in [3.8, 4) is 6.07 Å². The molecule has 0 saturated heterocycles. The summed E-state index contributed by atoms with van der Waals surface area (Å²) in [5.74, 6) is -0.339. The van der Waals surface area contributed by atoms with Crippen molar-refractivity contribution in [2.45, 2.75) is 18.9 Å². The molecule has 2 N–H and O–H groups in total. The number of amides is 1. The number of nitriles is 1. The molecule has 0 aliphatic heterocycles. The number of hydrogen-bond acceptors (Lipinski definition) is 4. The van der Waals surface area contributed by atoms with E-state index in [-0.39, 0.29) is 12.3 Å². The lowest BCUT2D eigenvalue weighted by molar-refractivity contribution is -0.116. The van der Waals surface area contributed by atoms with Gasteiger partial charge in [0.15, 0.2) is 0 Å². The number of hydrogen-bond donors (Lipinski definition) is 2. The van der Waals surface area contributed by atoms with Gasteiger partial charge in [-0.2, -0.15) is 5.26 Å². The molecule has 0 aliphatic rings. The lowest BCUT2D eigenvalue weighted by Crippen LogP contribution is -2.30. The largest absolute Gasteiger partial charge is 0.326 e. The van der Waals surface area contributed by atoms with Gasteiger partial charge in [0.05, 0.1) is 24.8 Å². The molecular formula is C18H18ClN3O3S. The van der Waals surface area contributed by atoms with Crippen LogP contribution >= 0.6 is 11.6 Å². The maximum Gasteiger partial charge on any atom is 0.226 e. The van der Waals surface area contributed by atoms with Crippen molar-refractivity contribution in [1.29, 1.82) is 5.26 Å². The summed E-state index contributed by atoms with van der Waals surface area (Å²) in [6.07, 6.45) is 1.27. The van der Waals surface area contributed by atoms with Gasteiger partial charge in [-0.15, -0.1) is 0 Å². The van der Waals surface area contributed by atoms with Crippen molar-refractivity contribution < 1.29 is 13.2 Å². The lowest BCUT2D eigenvalue weighted by Gasteiger charge is -2.18. The van der Waals surface area contributed by atoms with Crippen LogP contribution in [0.3, 0.4) is 0 Å². The van der Waals surface area contributed by atoms with Gasteiger partial charge in [-0.05, 0) is 35.4 Å². The standard InChI is InChI=1S/C18H18ClN3O3S/c1-26(24,25)22-17(14-4-6-15(19)7-5-14)12-18(23)21-16-8-2-13(3-9-16)10-11-20/h2-9,17,22H,10,12H2,1H3,(H,21,23)/t17-/m0/s1. The molecular weight excluding hydrogens is 374 g/mol. The Kier molecular flexibility index (Phi) is 6.75. The molecule has 26 heavy (non-hydrogen) atoms. The maximum atomic E-state index is 12.3. The zero-order valence-corrected chi connectivity index (χ0v) is 15.6. The van der Waals surface area contributed by atoms with Crippen LogP contribution in [0, 0.1) is 11.3 Å². The Bertz CT molecular complexity index is 904. The number of anilines is 1. The Morgan fingerprint density at radius 3 is 2.31 bits per heavy atom. The summed E-state index contributed by atoms with van der Waals surface area (Å²) < 4.78 is 25.7. The average Bonchev–Trinajstić information content (AvgIpc) is 2.56. The first-order chi connectivity index (χ1) is 12.3. The normalized spacial score (nSPS) is 12.2. The number of carbonyl (C=O) groups excluding carboxylic acids is 1. The van der Waals surface area contributed by atoms with E-state index in [9.17, 15) is 13.2 Å². The molecule has 0 heterocycles. The molecule has 2 rings (SSSR count). The highest BCUT2D eigenvalue weighted by atomic mass is 35.5. The topological polar surface area (TPSA) is 99.1 Å². The van der Waals surface area contributed by atoms with Gasteiger partial charge in [0.1, 0.15) is 0 Å². The Morgan fingerprint density at radius 2 is 1.77 bits per heavy atom. The third-order valence-electron chi connectivity index (χ3n) is 3.54. The van der Waals surface area contributed by atoms with Crippen LogP contribution < -0.4 is 10.0 Å². The minimum absolute atomic E-state index is 0.0748. The molecule has 0 unspecified atom stereocenters. The highest BCUT2D eigenvalue weighted by Crippen LogP contribution is 2.21. The highest BCUT2D eigenvalue weighted by Gasteiger charge is 2.20. The number of nitrogens with zero attached hydrogens (tertiary/aromatic N) is 1. The molecule has 1 amide bonds. The van der Waals surface area contributed by atoms with Crippen molar-refractivity contribution in [2.75, 3.05) is 11.6 Å². The summed E-state index contributed by atoms with van der Waals surface area (Å²) in [6.45, 7) is 0. The summed E-state index contributed by atoms with van der Waals surface area (Å²) >= 11 is 5.86. The summed E-state index contributed by atoms with van der Waals surface area (Å²) in [5, 5.41) is 11.9. The SMILES string of the molecule is CS(=O)(=O)N[C@@H](CC(=O)Nc1ccc(CC#N)cc1)c1ccc(Cl)cc1. The smallest absolute Gasteiger partial charge is 0.226 e. The van der Waals surface area contributed by atoms with E-state index in [1.165, 1.54) is 0 Å². The van der Waals surface area contributed by atoms with E-state index in [1.807, 2.05) is 0 Å². The van der Waals surface area contributed by atoms with Crippen molar-refractivity contribution in [1.82, 2.24) is 4.72 Å². The minimum Gasteiger partial charge on any atom is -0.326 e. The van der Waals surface area contributed by atoms with E-state index in [2.05, 4.69) is 16.1 Å². The predicted octanol–water partition coefficient (Wildman–Crippen LogP) is 3.03. The third-order valence-corrected chi connectivity index (χ3v) is 4.50. The molecule has 0 aliphatic carbocycles. The summed E-state index contributed by atoms with van der Waals surface area (Å²) in [5.41, 5.74) is 2.06. The second-order valence-corrected chi connectivity index (χ2v) is 7.99. The van der Waals surface area contributed by atoms with Gasteiger partial charge < -0.3 is 5.32 Å². The Labute approximate surface area is 157 Å². The Hall–Kier alpha value is -2.40. The first-order valence-electron chi connectivity index (χ1n) is 7.75. The molecule has 2 aromatic carbocycles. The summed E-state index contributed by atoms with van der Waals surface area (Å²) in [6, 6.07) is 14.9. The fourth-order valence-corrected chi connectivity index (χ4v) is 3.24. The van der Waals surface area contributed by atoms with Crippen molar-refractivity contribution in [3.05, 3.63) is 64.7 Å². The molecule has 0 saturated carbocycles. The van der Waals surface area contributed by atoms with Crippen molar-refractivity contribution in [3.63, 3.8) is 0 Å². The first-order valence-corrected chi connectivity index (χ1v) is 10.0. The number of sulfonamides is 1. The van der Waals surface area contributed by atoms with Crippen molar-refractivity contribution >= 4 is 33.2 Å². The summed E-state index contributed by atoms with van der Waals surface area (Å²) in [7, 11) is -3.51. The molecule has 6 nitrogen and oxygen atoms in total. The van der Waals surface area contributed by atoms with E-state index in [4.69, 9.17) is 16.9 Å². The molecule has 0 aromatic heterocycles. The van der Waals surface area contributed by atoms with Crippen LogP contribution in [-0.2, 0) is 21.2 Å². The molecule has 1 atom stereocenters. The highest BCUT2D eigenvalue weighted by molar-refractivity contribution is 7.88. The molecule has 0 bridgehead atoms. The zero-order chi connectivity index (χ0) is 19.2. The predicted molar refractivity (Wildman–Crippen MR) is 101 cm³/mol. The molecule has 0 radical (unpaired) electrons. The number of halogens is 1. The molecule has 0 spiro atoms. The van der Waals surface area contributed by atoms with Gasteiger partial charge >= 0.3 is 0 Å². The number of rotatable bonds is 7. The monoisotopic (exact) mass is 391 g/mol. The molecule has 2 aromatic rings. The van der Waals surface area contributed by atoms with Crippen LogP contribution in [0.15, 0.2) is 48.5 Å². The van der Waals surface area contributed by atoms with Gasteiger partial charge in [-0.25, -0.2) is 13.1 Å². The number of nitrogens with one attached hydrogen (secondary N) is 2. The summed E-state index contributed by atoms with van der Waals surface area (Å²) in [4.78, 5) is 12.3. The van der Waals surface area contributed by atoms with Gasteiger partial charge in [0.25, 0.3) is 0 Å². The lowest BCUT2D eigenvalue weighted by atomic mass is 10.0. The van der Waals surface area contributed by atoms with E-state index in [0.717, 1.165) is 11.8 Å². The molecule has 8 heteroatoms. The fourth-order valence-electron chi connectivity index (χ4n) is 2.38. The quantitative estimate of drug-likeness (QED) is 0.757. The molecule has 136 valence electrons. The Morgan fingerprint density at radius 1 is 1.15 bits per heavy atom. The van der Waals surface area contributed by atoms with Crippen LogP contribution in [0.25, 0.3) is 0 Å². The van der Waals surface area contributed by atoms with Gasteiger partial charge in [-0.3, -0.25) is 4.79 Å². The van der Waals surface area contributed by atoms with Gasteiger partial charge in [-0.1, -0.05) is 35.9 Å². The zero-order valence-electron chi connectivity index (χ0n) is 14.1. The van der Waals surface area contributed by atoms with Crippen LogP contribution in [0.2, 0.25) is 5.02 Å². The third kappa shape index (κ3) is 6.48. The first kappa shape index (κ1) is 19.9. The number of benzene rings is 2. The minimum atomic E-state index is -3.51. The van der Waals surface area contributed by atoms with E-state index < -0.39 is 16.1 Å². The molecule has 0 fully saturated rings. The number of carbonyl (C=O) groups is 1. The van der Waals surface area contributed by atoms with Crippen LogP contribution in [0.1, 0.15) is 23.6 Å². The van der Waals surface area contributed by atoms with Gasteiger partial charge in [0.2, 0.25) is 15.9 Å². The van der Waals surface area contributed by atoms with E-state index in [0.29, 0.717) is 22.7 Å². The van der Waals surface area contributed by atoms with E-state index in [1.54, 1.807) is 48.5 Å². The second kappa shape index (κ2) is 8.81. The maximum absolute atomic E-state index is 12.3. The van der Waals surface area contributed by atoms with E-state index >= 15 is 0 Å². The van der Waals surface area contributed by atoms with Crippen molar-refractivity contribution in [2.24, 2.45) is 0 Å². The average molecular weight is 392 g/mol. The van der Waals surface area contributed by atoms with Crippen LogP contribution in [0.4, 0.5) is 5.69 Å². The Balaban J connectivity index is 2.10. The van der Waals surface area contributed by atoms with Crippen LogP contribution in [0.5, 0.6) is 0 Å². The van der Waals surface area contributed by atoms with Gasteiger partial charge in [0, 0.05) is 17.1 Å².